The van der Waals surface area contributed by atoms with Crippen LogP contribution < -0.4 is 5.32 Å². The number of halogens is 3. The second kappa shape index (κ2) is 7.73. The lowest BCUT2D eigenvalue weighted by Crippen LogP contribution is -2.49. The fraction of sp³-hybridized carbons (Fsp3) is 0.316. The Bertz CT molecular complexity index is 767. The van der Waals surface area contributed by atoms with Crippen LogP contribution in [0.2, 0.25) is 10.0 Å². The summed E-state index contributed by atoms with van der Waals surface area (Å²) < 4.78 is 13.9. The second-order valence-electron chi connectivity index (χ2n) is 6.26. The summed E-state index contributed by atoms with van der Waals surface area (Å²) in [5.74, 6) is -0.500. The Morgan fingerprint density at radius 2 is 1.92 bits per heavy atom. The average molecular weight is 381 g/mol. The van der Waals surface area contributed by atoms with Crippen molar-refractivity contribution in [3.05, 3.63) is 69.5 Å². The number of rotatable bonds is 3. The Balaban J connectivity index is 1.85. The SMILES string of the molecule is CN(C(=O)c1ccc(Cl)cc1)[C@@H]1CCNC[C@H]1c1ccc(Cl)c(F)c1. The first kappa shape index (κ1) is 18.2. The van der Waals surface area contributed by atoms with Crippen molar-refractivity contribution in [3.8, 4) is 0 Å². The van der Waals surface area contributed by atoms with E-state index < -0.39 is 5.82 Å². The Morgan fingerprint density at radius 1 is 1.20 bits per heavy atom. The minimum Gasteiger partial charge on any atom is -0.338 e. The molecule has 1 saturated heterocycles. The van der Waals surface area contributed by atoms with Crippen molar-refractivity contribution in [2.75, 3.05) is 20.1 Å². The first-order valence-electron chi connectivity index (χ1n) is 8.16. The Labute approximate surface area is 156 Å². The summed E-state index contributed by atoms with van der Waals surface area (Å²) in [6.45, 7) is 1.50. The number of hydrogen-bond donors (Lipinski definition) is 1. The third kappa shape index (κ3) is 3.97. The highest BCUT2D eigenvalue weighted by Gasteiger charge is 2.32. The molecule has 2 atom stereocenters. The van der Waals surface area contributed by atoms with Crippen molar-refractivity contribution in [2.45, 2.75) is 18.4 Å². The molecule has 0 spiro atoms. The minimum absolute atomic E-state index is 0.00164. The zero-order chi connectivity index (χ0) is 18.0. The van der Waals surface area contributed by atoms with Crippen LogP contribution in [0.25, 0.3) is 0 Å². The molecule has 0 aliphatic carbocycles. The van der Waals surface area contributed by atoms with Gasteiger partial charge in [-0.15, -0.1) is 0 Å². The summed E-state index contributed by atoms with van der Waals surface area (Å²) >= 11 is 11.7. The van der Waals surface area contributed by atoms with Crippen molar-refractivity contribution in [1.29, 1.82) is 0 Å². The van der Waals surface area contributed by atoms with E-state index in [0.717, 1.165) is 18.5 Å². The summed E-state index contributed by atoms with van der Waals surface area (Å²) in [5.41, 5.74) is 1.43. The topological polar surface area (TPSA) is 32.3 Å². The van der Waals surface area contributed by atoms with Crippen LogP contribution in [-0.2, 0) is 0 Å². The van der Waals surface area contributed by atoms with Gasteiger partial charge in [0.05, 0.1) is 5.02 Å². The maximum absolute atomic E-state index is 13.9. The number of carbonyl (C=O) groups is 1. The molecule has 1 aliphatic rings. The standard InChI is InChI=1S/C19H19Cl2FN2O/c1-24(19(25)12-2-5-14(20)6-3-12)18-8-9-23-11-15(18)13-4-7-16(21)17(22)10-13/h2-7,10,15,18,23H,8-9,11H2,1H3/t15-,18+/m0/s1. The summed E-state index contributed by atoms with van der Waals surface area (Å²) in [5, 5.41) is 4.03. The van der Waals surface area contributed by atoms with Crippen LogP contribution in [0.1, 0.15) is 28.3 Å². The van der Waals surface area contributed by atoms with Gasteiger partial charge in [0.15, 0.2) is 0 Å². The molecular formula is C19H19Cl2FN2O. The van der Waals surface area contributed by atoms with Crippen molar-refractivity contribution in [2.24, 2.45) is 0 Å². The lowest BCUT2D eigenvalue weighted by Gasteiger charge is -2.38. The van der Waals surface area contributed by atoms with Gasteiger partial charge in [0.25, 0.3) is 5.91 Å². The molecule has 0 saturated carbocycles. The van der Waals surface area contributed by atoms with Gasteiger partial charge in [-0.2, -0.15) is 0 Å². The van der Waals surface area contributed by atoms with Crippen LogP contribution in [0.15, 0.2) is 42.5 Å². The van der Waals surface area contributed by atoms with Gasteiger partial charge < -0.3 is 10.2 Å². The van der Waals surface area contributed by atoms with E-state index >= 15 is 0 Å². The highest BCUT2D eigenvalue weighted by molar-refractivity contribution is 6.31. The molecule has 2 aromatic rings. The molecule has 1 heterocycles. The molecule has 2 aromatic carbocycles. The van der Waals surface area contributed by atoms with E-state index in [9.17, 15) is 9.18 Å². The maximum Gasteiger partial charge on any atom is 0.253 e. The molecule has 1 amide bonds. The van der Waals surface area contributed by atoms with Crippen LogP contribution in [0.4, 0.5) is 4.39 Å². The van der Waals surface area contributed by atoms with E-state index in [-0.39, 0.29) is 22.9 Å². The third-order valence-corrected chi connectivity index (χ3v) is 5.28. The Morgan fingerprint density at radius 3 is 2.60 bits per heavy atom. The highest BCUT2D eigenvalue weighted by Crippen LogP contribution is 2.30. The molecule has 1 N–H and O–H groups in total. The first-order chi connectivity index (χ1) is 12.0. The van der Waals surface area contributed by atoms with E-state index in [0.29, 0.717) is 17.1 Å². The summed E-state index contributed by atoms with van der Waals surface area (Å²) in [7, 11) is 1.80. The van der Waals surface area contributed by atoms with Gasteiger partial charge >= 0.3 is 0 Å². The van der Waals surface area contributed by atoms with Crippen LogP contribution in [-0.4, -0.2) is 37.0 Å². The lowest BCUT2D eigenvalue weighted by molar-refractivity contribution is 0.0679. The van der Waals surface area contributed by atoms with Gasteiger partial charge in [0, 0.05) is 36.1 Å². The van der Waals surface area contributed by atoms with Crippen molar-refractivity contribution >= 4 is 29.1 Å². The molecule has 0 bridgehead atoms. The van der Waals surface area contributed by atoms with Crippen molar-refractivity contribution < 1.29 is 9.18 Å². The molecule has 0 unspecified atom stereocenters. The zero-order valence-corrected chi connectivity index (χ0v) is 15.3. The molecule has 6 heteroatoms. The smallest absolute Gasteiger partial charge is 0.253 e. The number of likely N-dealkylation sites (N-methyl/N-ethyl adjacent to an activating group) is 1. The Kier molecular flexibility index (Phi) is 5.62. The quantitative estimate of drug-likeness (QED) is 0.858. The van der Waals surface area contributed by atoms with Gasteiger partial charge in [-0.1, -0.05) is 29.3 Å². The zero-order valence-electron chi connectivity index (χ0n) is 13.8. The molecule has 132 valence electrons. The predicted octanol–water partition coefficient (Wildman–Crippen LogP) is 4.35. The fourth-order valence-corrected chi connectivity index (χ4v) is 3.58. The predicted molar refractivity (Wildman–Crippen MR) is 99.0 cm³/mol. The number of nitrogens with one attached hydrogen (secondary N) is 1. The van der Waals surface area contributed by atoms with E-state index in [2.05, 4.69) is 5.32 Å². The molecule has 25 heavy (non-hydrogen) atoms. The molecular weight excluding hydrogens is 362 g/mol. The first-order valence-corrected chi connectivity index (χ1v) is 8.91. The van der Waals surface area contributed by atoms with E-state index in [1.807, 2.05) is 6.07 Å². The van der Waals surface area contributed by atoms with Gasteiger partial charge in [-0.05, 0) is 54.9 Å². The Hall–Kier alpha value is -1.62. The van der Waals surface area contributed by atoms with E-state index in [1.54, 1.807) is 42.3 Å². The highest BCUT2D eigenvalue weighted by atomic mass is 35.5. The summed E-state index contributed by atoms with van der Waals surface area (Å²) in [6, 6.07) is 11.7. The monoisotopic (exact) mass is 380 g/mol. The average Bonchev–Trinajstić information content (AvgIpc) is 2.63. The summed E-state index contributed by atoms with van der Waals surface area (Å²) in [6.07, 6.45) is 0.796. The van der Waals surface area contributed by atoms with Gasteiger partial charge in [0.2, 0.25) is 0 Å². The summed E-state index contributed by atoms with van der Waals surface area (Å²) in [4.78, 5) is 14.6. The maximum atomic E-state index is 13.9. The van der Waals surface area contributed by atoms with Gasteiger partial charge in [0.1, 0.15) is 5.82 Å². The minimum atomic E-state index is -0.435. The lowest BCUT2D eigenvalue weighted by atomic mass is 9.85. The van der Waals surface area contributed by atoms with E-state index in [1.165, 1.54) is 6.07 Å². The molecule has 3 rings (SSSR count). The van der Waals surface area contributed by atoms with Crippen LogP contribution in [0.5, 0.6) is 0 Å². The van der Waals surface area contributed by atoms with Crippen LogP contribution in [0, 0.1) is 5.82 Å². The molecule has 0 aromatic heterocycles. The van der Waals surface area contributed by atoms with E-state index in [4.69, 9.17) is 23.2 Å². The number of hydrogen-bond acceptors (Lipinski definition) is 2. The molecule has 0 radical (unpaired) electrons. The largest absolute Gasteiger partial charge is 0.338 e. The van der Waals surface area contributed by atoms with Crippen molar-refractivity contribution in [3.63, 3.8) is 0 Å². The van der Waals surface area contributed by atoms with Crippen LogP contribution >= 0.6 is 23.2 Å². The number of amides is 1. The molecule has 1 aliphatic heterocycles. The number of carbonyl (C=O) groups excluding carboxylic acids is 1. The number of benzene rings is 2. The van der Waals surface area contributed by atoms with Gasteiger partial charge in [-0.25, -0.2) is 4.39 Å². The second-order valence-corrected chi connectivity index (χ2v) is 7.11. The normalized spacial score (nSPS) is 20.3. The fourth-order valence-electron chi connectivity index (χ4n) is 3.34. The van der Waals surface area contributed by atoms with Crippen LogP contribution in [0.3, 0.4) is 0 Å². The van der Waals surface area contributed by atoms with Gasteiger partial charge in [-0.3, -0.25) is 4.79 Å². The third-order valence-electron chi connectivity index (χ3n) is 4.73. The van der Waals surface area contributed by atoms with Crippen molar-refractivity contribution in [1.82, 2.24) is 10.2 Å². The number of nitrogens with zero attached hydrogens (tertiary/aromatic N) is 1. The molecule has 3 nitrogen and oxygen atoms in total. The molecule has 1 fully saturated rings. The number of piperidine rings is 1.